The van der Waals surface area contributed by atoms with Crippen LogP contribution in [0, 0.1) is 0 Å². The van der Waals surface area contributed by atoms with Crippen LogP contribution in [0.1, 0.15) is 36.7 Å². The molecule has 3 N–H and O–H groups in total. The molecule has 3 amide bonds. The number of aromatic nitrogens is 2. The standard InChI is InChI=1S/C17H19N5O3/c1-10(2)22-14(7-8-18-22)21-15(23)9-13-17(25)19-12-6-4-3-5-11(12)16(24)20-13/h3-8,10,13H,9H2,1-2H3,(H,19,25)(H,20,24)(H,21,23)/t13-/m0/s1. The molecule has 0 bridgehead atoms. The Bertz CT molecular complexity index is 827. The lowest BCUT2D eigenvalue weighted by Gasteiger charge is -2.15. The molecule has 2 heterocycles. The van der Waals surface area contributed by atoms with E-state index < -0.39 is 11.9 Å². The zero-order valence-corrected chi connectivity index (χ0v) is 13.9. The lowest BCUT2D eigenvalue weighted by Crippen LogP contribution is -2.43. The molecule has 0 saturated heterocycles. The number of carbonyl (C=O) groups is 3. The third-order valence-corrected chi connectivity index (χ3v) is 3.87. The average molecular weight is 341 g/mol. The minimum atomic E-state index is -0.949. The van der Waals surface area contributed by atoms with E-state index in [1.54, 1.807) is 41.2 Å². The lowest BCUT2D eigenvalue weighted by atomic mass is 10.1. The van der Waals surface area contributed by atoms with Crippen LogP contribution in [0.2, 0.25) is 0 Å². The van der Waals surface area contributed by atoms with Gasteiger partial charge in [0.2, 0.25) is 11.8 Å². The van der Waals surface area contributed by atoms with Crippen LogP contribution in [0.15, 0.2) is 36.5 Å². The van der Waals surface area contributed by atoms with Crippen LogP contribution in [0.5, 0.6) is 0 Å². The number of nitrogens with one attached hydrogen (secondary N) is 3. The second-order valence-corrected chi connectivity index (χ2v) is 6.07. The summed E-state index contributed by atoms with van der Waals surface area (Å²) in [5, 5.41) is 12.1. The van der Waals surface area contributed by atoms with Crippen LogP contribution in [-0.2, 0) is 9.59 Å². The molecule has 3 rings (SSSR count). The molecule has 0 unspecified atom stereocenters. The lowest BCUT2D eigenvalue weighted by molar-refractivity contribution is -0.122. The van der Waals surface area contributed by atoms with E-state index in [2.05, 4.69) is 21.0 Å². The van der Waals surface area contributed by atoms with Crippen molar-refractivity contribution in [3.05, 3.63) is 42.1 Å². The van der Waals surface area contributed by atoms with Crippen molar-refractivity contribution in [1.82, 2.24) is 15.1 Å². The molecule has 8 nitrogen and oxygen atoms in total. The highest BCUT2D eigenvalue weighted by atomic mass is 16.2. The van der Waals surface area contributed by atoms with Crippen LogP contribution in [0.25, 0.3) is 0 Å². The Hall–Kier alpha value is -3.16. The molecule has 25 heavy (non-hydrogen) atoms. The normalized spacial score (nSPS) is 16.7. The summed E-state index contributed by atoms with van der Waals surface area (Å²) in [5.74, 6) is -0.651. The fourth-order valence-electron chi connectivity index (χ4n) is 2.66. The molecule has 1 aliphatic rings. The molecule has 0 saturated carbocycles. The van der Waals surface area contributed by atoms with Gasteiger partial charge in [-0.3, -0.25) is 14.4 Å². The van der Waals surface area contributed by atoms with Gasteiger partial charge in [0.1, 0.15) is 11.9 Å². The minimum Gasteiger partial charge on any atom is -0.340 e. The van der Waals surface area contributed by atoms with Crippen LogP contribution in [-0.4, -0.2) is 33.5 Å². The van der Waals surface area contributed by atoms with Gasteiger partial charge in [0.15, 0.2) is 0 Å². The van der Waals surface area contributed by atoms with Gasteiger partial charge in [0, 0.05) is 12.1 Å². The van der Waals surface area contributed by atoms with E-state index in [1.807, 2.05) is 13.8 Å². The van der Waals surface area contributed by atoms with Crippen LogP contribution in [0.3, 0.4) is 0 Å². The number of hydrogen-bond donors (Lipinski definition) is 3. The summed E-state index contributed by atoms with van der Waals surface area (Å²) >= 11 is 0. The fourth-order valence-corrected chi connectivity index (χ4v) is 2.66. The van der Waals surface area contributed by atoms with Gasteiger partial charge < -0.3 is 16.0 Å². The largest absolute Gasteiger partial charge is 0.340 e. The van der Waals surface area contributed by atoms with Gasteiger partial charge in [0.05, 0.1) is 23.9 Å². The molecule has 0 fully saturated rings. The third kappa shape index (κ3) is 3.52. The predicted octanol–water partition coefficient (Wildman–Crippen LogP) is 1.54. The highest BCUT2D eigenvalue weighted by Crippen LogP contribution is 2.19. The number of fused-ring (bicyclic) bond motifs is 1. The van der Waals surface area contributed by atoms with Crippen LogP contribution < -0.4 is 16.0 Å². The van der Waals surface area contributed by atoms with Crippen molar-refractivity contribution in [1.29, 1.82) is 0 Å². The number of anilines is 2. The Morgan fingerprint density at radius 2 is 2.04 bits per heavy atom. The molecule has 8 heteroatoms. The molecule has 1 aromatic heterocycles. The van der Waals surface area contributed by atoms with Crippen molar-refractivity contribution in [3.8, 4) is 0 Å². The van der Waals surface area contributed by atoms with Crippen molar-refractivity contribution in [2.45, 2.75) is 32.4 Å². The Morgan fingerprint density at radius 1 is 1.28 bits per heavy atom. The first-order chi connectivity index (χ1) is 12.0. The molecule has 0 radical (unpaired) electrons. The molecular formula is C17H19N5O3. The van der Waals surface area contributed by atoms with Gasteiger partial charge in [-0.15, -0.1) is 0 Å². The third-order valence-electron chi connectivity index (χ3n) is 3.87. The van der Waals surface area contributed by atoms with Gasteiger partial charge >= 0.3 is 0 Å². The minimum absolute atomic E-state index is 0.0840. The summed E-state index contributed by atoms with van der Waals surface area (Å²) in [6.07, 6.45) is 1.42. The smallest absolute Gasteiger partial charge is 0.254 e. The zero-order chi connectivity index (χ0) is 18.0. The van der Waals surface area contributed by atoms with Crippen molar-refractivity contribution >= 4 is 29.2 Å². The summed E-state index contributed by atoms with van der Waals surface area (Å²) in [4.78, 5) is 36.9. The summed E-state index contributed by atoms with van der Waals surface area (Å²) in [6.45, 7) is 3.89. The molecule has 0 spiro atoms. The zero-order valence-electron chi connectivity index (χ0n) is 13.9. The Kier molecular flexibility index (Phi) is 4.51. The predicted molar refractivity (Wildman–Crippen MR) is 92.2 cm³/mol. The first-order valence-electron chi connectivity index (χ1n) is 8.00. The van der Waals surface area contributed by atoms with Crippen molar-refractivity contribution < 1.29 is 14.4 Å². The van der Waals surface area contributed by atoms with Crippen LogP contribution in [0.4, 0.5) is 11.5 Å². The van der Waals surface area contributed by atoms with E-state index in [-0.39, 0.29) is 24.3 Å². The maximum atomic E-state index is 12.3. The molecule has 1 aromatic carbocycles. The Balaban J connectivity index is 1.70. The van der Waals surface area contributed by atoms with Gasteiger partial charge in [-0.2, -0.15) is 5.10 Å². The Labute approximate surface area is 144 Å². The summed E-state index contributed by atoms with van der Waals surface area (Å²) in [6, 6.07) is 7.53. The second kappa shape index (κ2) is 6.76. The van der Waals surface area contributed by atoms with Crippen molar-refractivity contribution in [2.24, 2.45) is 0 Å². The topological polar surface area (TPSA) is 105 Å². The maximum absolute atomic E-state index is 12.3. The number of hydrogen-bond acceptors (Lipinski definition) is 4. The van der Waals surface area contributed by atoms with Gasteiger partial charge in [-0.05, 0) is 26.0 Å². The number of benzene rings is 1. The van der Waals surface area contributed by atoms with Crippen molar-refractivity contribution in [2.75, 3.05) is 10.6 Å². The highest BCUT2D eigenvalue weighted by Gasteiger charge is 2.29. The van der Waals surface area contributed by atoms with E-state index >= 15 is 0 Å². The first kappa shape index (κ1) is 16.7. The molecule has 1 aliphatic heterocycles. The van der Waals surface area contributed by atoms with Gasteiger partial charge in [0.25, 0.3) is 5.91 Å². The van der Waals surface area contributed by atoms with Gasteiger partial charge in [-0.1, -0.05) is 12.1 Å². The van der Waals surface area contributed by atoms with E-state index in [0.717, 1.165) is 0 Å². The maximum Gasteiger partial charge on any atom is 0.254 e. The summed E-state index contributed by atoms with van der Waals surface area (Å²) < 4.78 is 1.67. The van der Waals surface area contributed by atoms with Crippen molar-refractivity contribution in [3.63, 3.8) is 0 Å². The van der Waals surface area contributed by atoms with Gasteiger partial charge in [-0.25, -0.2) is 4.68 Å². The molecule has 0 aliphatic carbocycles. The van der Waals surface area contributed by atoms with E-state index in [0.29, 0.717) is 17.1 Å². The first-order valence-corrected chi connectivity index (χ1v) is 8.00. The second-order valence-electron chi connectivity index (χ2n) is 6.07. The molecular weight excluding hydrogens is 322 g/mol. The number of rotatable bonds is 4. The van der Waals surface area contributed by atoms with E-state index in [1.165, 1.54) is 0 Å². The SMILES string of the molecule is CC(C)n1nccc1NC(=O)C[C@@H]1NC(=O)c2ccccc2NC1=O. The quantitative estimate of drug-likeness (QED) is 0.784. The molecule has 2 aromatic rings. The van der Waals surface area contributed by atoms with Crippen LogP contribution >= 0.6 is 0 Å². The number of para-hydroxylation sites is 1. The fraction of sp³-hybridized carbons (Fsp3) is 0.294. The molecule has 130 valence electrons. The number of amides is 3. The summed E-state index contributed by atoms with van der Waals surface area (Å²) in [7, 11) is 0. The summed E-state index contributed by atoms with van der Waals surface area (Å²) in [5.41, 5.74) is 0.808. The Morgan fingerprint density at radius 3 is 2.80 bits per heavy atom. The number of carbonyl (C=O) groups excluding carboxylic acids is 3. The monoisotopic (exact) mass is 341 g/mol. The average Bonchev–Trinajstić information content (AvgIpc) is 2.98. The highest BCUT2D eigenvalue weighted by molar-refractivity contribution is 6.11. The van der Waals surface area contributed by atoms with E-state index in [9.17, 15) is 14.4 Å². The number of nitrogens with zero attached hydrogens (tertiary/aromatic N) is 2. The molecule has 1 atom stereocenters. The van der Waals surface area contributed by atoms with E-state index in [4.69, 9.17) is 0 Å².